The zero-order valence-corrected chi connectivity index (χ0v) is 18.5. The highest BCUT2D eigenvalue weighted by molar-refractivity contribution is 7.13. The molecule has 1 aromatic carbocycles. The van der Waals surface area contributed by atoms with Crippen LogP contribution in [0.4, 0.5) is 0 Å². The van der Waals surface area contributed by atoms with E-state index in [4.69, 9.17) is 9.72 Å². The van der Waals surface area contributed by atoms with Gasteiger partial charge in [-0.3, -0.25) is 14.6 Å². The van der Waals surface area contributed by atoms with Gasteiger partial charge < -0.3 is 10.1 Å². The van der Waals surface area contributed by atoms with E-state index in [0.29, 0.717) is 25.6 Å². The van der Waals surface area contributed by atoms with Gasteiger partial charge in [0.25, 0.3) is 0 Å². The Morgan fingerprint density at radius 2 is 1.86 bits per heavy atom. The van der Waals surface area contributed by atoms with Crippen LogP contribution in [0, 0.1) is 0 Å². The lowest BCUT2D eigenvalue weighted by Gasteiger charge is -2.33. The lowest BCUT2D eigenvalue weighted by molar-refractivity contribution is -0.122. The van der Waals surface area contributed by atoms with Gasteiger partial charge in [0.1, 0.15) is 5.01 Å². The summed E-state index contributed by atoms with van der Waals surface area (Å²) in [5.74, 6) is 0.620. The first kappa shape index (κ1) is 21.9. The number of thiazole rings is 1. The number of amides is 1. The molecule has 0 atom stereocenters. The van der Waals surface area contributed by atoms with Gasteiger partial charge >= 0.3 is 0 Å². The molecule has 1 aromatic heterocycles. The second-order valence-corrected chi connectivity index (χ2v) is 8.67. The van der Waals surface area contributed by atoms with Crippen LogP contribution in [0.2, 0.25) is 0 Å². The summed E-state index contributed by atoms with van der Waals surface area (Å²) in [5.41, 5.74) is 3.68. The van der Waals surface area contributed by atoms with Gasteiger partial charge in [0.15, 0.2) is 0 Å². The van der Waals surface area contributed by atoms with Gasteiger partial charge in [0, 0.05) is 57.3 Å². The van der Waals surface area contributed by atoms with Crippen molar-refractivity contribution in [2.24, 2.45) is 0 Å². The number of ether oxygens (including phenoxy) is 1. The third-order valence-electron chi connectivity index (χ3n) is 5.22. The number of rotatable bonds is 9. The summed E-state index contributed by atoms with van der Waals surface area (Å²) in [5, 5.41) is 6.13. The zero-order valence-electron chi connectivity index (χ0n) is 17.7. The number of carbonyl (C=O) groups is 1. The molecule has 1 aliphatic heterocycles. The summed E-state index contributed by atoms with van der Waals surface area (Å²) < 4.78 is 4.96. The number of aromatic nitrogens is 1. The van der Waals surface area contributed by atoms with E-state index in [0.717, 1.165) is 43.4 Å². The molecule has 158 valence electrons. The predicted octanol–water partition coefficient (Wildman–Crippen LogP) is 2.81. The van der Waals surface area contributed by atoms with Crippen LogP contribution in [0.3, 0.4) is 0 Å². The van der Waals surface area contributed by atoms with Gasteiger partial charge in [0.2, 0.25) is 5.91 Å². The molecule has 0 bridgehead atoms. The number of piperazine rings is 1. The third-order valence-corrected chi connectivity index (χ3v) is 6.16. The van der Waals surface area contributed by atoms with E-state index in [2.05, 4.69) is 58.6 Å². The van der Waals surface area contributed by atoms with Crippen LogP contribution in [0.5, 0.6) is 0 Å². The first-order valence-electron chi connectivity index (χ1n) is 10.3. The quantitative estimate of drug-likeness (QED) is 0.637. The Kier molecular flexibility index (Phi) is 8.18. The maximum Gasteiger partial charge on any atom is 0.234 e. The predicted molar refractivity (Wildman–Crippen MR) is 118 cm³/mol. The first-order chi connectivity index (χ1) is 14.0. The van der Waals surface area contributed by atoms with Crippen LogP contribution >= 0.6 is 11.3 Å². The van der Waals surface area contributed by atoms with Crippen molar-refractivity contribution in [3.05, 3.63) is 40.9 Å². The van der Waals surface area contributed by atoms with Crippen LogP contribution < -0.4 is 5.32 Å². The Hall–Kier alpha value is -1.80. The molecule has 2 aromatic rings. The maximum atomic E-state index is 11.9. The van der Waals surface area contributed by atoms with Crippen molar-refractivity contribution in [3.8, 4) is 10.6 Å². The lowest BCUT2D eigenvalue weighted by atomic mass is 10.0. The van der Waals surface area contributed by atoms with E-state index in [1.807, 2.05) is 0 Å². The molecule has 6 nitrogen and oxygen atoms in total. The molecule has 3 rings (SSSR count). The summed E-state index contributed by atoms with van der Waals surface area (Å²) >= 11 is 1.71. The second kappa shape index (κ2) is 10.8. The van der Waals surface area contributed by atoms with Crippen LogP contribution in [0.25, 0.3) is 10.6 Å². The van der Waals surface area contributed by atoms with Crippen molar-refractivity contribution < 1.29 is 9.53 Å². The molecule has 0 saturated carbocycles. The van der Waals surface area contributed by atoms with Crippen molar-refractivity contribution in [2.75, 3.05) is 53.0 Å². The van der Waals surface area contributed by atoms with Crippen molar-refractivity contribution in [3.63, 3.8) is 0 Å². The zero-order chi connectivity index (χ0) is 20.6. The smallest absolute Gasteiger partial charge is 0.234 e. The standard InChI is InChI=1S/C22H32N4O2S/c1-17(2)18-4-6-19(7-5-18)22-24-20(16-29-22)14-25-9-11-26(12-10-25)15-21(27)23-8-13-28-3/h4-7,16-17H,8-15H2,1-3H3,(H,23,27). The van der Waals surface area contributed by atoms with Crippen LogP contribution in [0.15, 0.2) is 29.6 Å². The molecule has 1 fully saturated rings. The second-order valence-electron chi connectivity index (χ2n) is 7.82. The molecular formula is C22H32N4O2S. The van der Waals surface area contributed by atoms with E-state index in [1.54, 1.807) is 18.4 Å². The summed E-state index contributed by atoms with van der Waals surface area (Å²) in [6.45, 7) is 10.6. The Bertz CT molecular complexity index is 767. The average molecular weight is 417 g/mol. The van der Waals surface area contributed by atoms with E-state index in [1.165, 1.54) is 11.1 Å². The number of hydrogen-bond donors (Lipinski definition) is 1. The molecule has 1 amide bonds. The SMILES string of the molecule is COCCNC(=O)CN1CCN(Cc2csc(-c3ccc(C(C)C)cc3)n2)CC1. The molecular weight excluding hydrogens is 384 g/mol. The van der Waals surface area contributed by atoms with Crippen molar-refractivity contribution in [1.29, 1.82) is 0 Å². The summed E-state index contributed by atoms with van der Waals surface area (Å²) in [7, 11) is 1.64. The molecule has 0 unspecified atom stereocenters. The van der Waals surface area contributed by atoms with Gasteiger partial charge in [-0.15, -0.1) is 11.3 Å². The molecule has 0 radical (unpaired) electrons. The van der Waals surface area contributed by atoms with Gasteiger partial charge in [-0.25, -0.2) is 4.98 Å². The maximum absolute atomic E-state index is 11.9. The Morgan fingerprint density at radius 1 is 1.17 bits per heavy atom. The number of carbonyl (C=O) groups excluding carboxylic acids is 1. The van der Waals surface area contributed by atoms with Crippen LogP contribution in [-0.4, -0.2) is 73.7 Å². The summed E-state index contributed by atoms with van der Waals surface area (Å²) in [4.78, 5) is 21.4. The van der Waals surface area contributed by atoms with E-state index < -0.39 is 0 Å². The monoisotopic (exact) mass is 416 g/mol. The number of nitrogens with one attached hydrogen (secondary N) is 1. The number of nitrogens with zero attached hydrogens (tertiary/aromatic N) is 3. The summed E-state index contributed by atoms with van der Waals surface area (Å²) in [6, 6.07) is 8.75. The molecule has 29 heavy (non-hydrogen) atoms. The third kappa shape index (κ3) is 6.60. The highest BCUT2D eigenvalue weighted by atomic mass is 32.1. The van der Waals surface area contributed by atoms with E-state index >= 15 is 0 Å². The molecule has 1 N–H and O–H groups in total. The lowest BCUT2D eigenvalue weighted by Crippen LogP contribution is -2.49. The minimum absolute atomic E-state index is 0.0723. The van der Waals surface area contributed by atoms with Crippen LogP contribution in [-0.2, 0) is 16.1 Å². The van der Waals surface area contributed by atoms with E-state index in [-0.39, 0.29) is 5.91 Å². The Morgan fingerprint density at radius 3 is 2.52 bits per heavy atom. The van der Waals surface area contributed by atoms with Gasteiger partial charge in [-0.2, -0.15) is 0 Å². The fraction of sp³-hybridized carbons (Fsp3) is 0.545. The highest BCUT2D eigenvalue weighted by Crippen LogP contribution is 2.26. The Balaban J connectivity index is 1.44. The minimum Gasteiger partial charge on any atom is -0.383 e. The number of hydrogen-bond acceptors (Lipinski definition) is 6. The van der Waals surface area contributed by atoms with Crippen molar-refractivity contribution in [2.45, 2.75) is 26.3 Å². The van der Waals surface area contributed by atoms with E-state index in [9.17, 15) is 4.79 Å². The van der Waals surface area contributed by atoms with Crippen LogP contribution in [0.1, 0.15) is 31.0 Å². The van der Waals surface area contributed by atoms with Gasteiger partial charge in [-0.05, 0) is 11.5 Å². The molecule has 0 aliphatic carbocycles. The largest absolute Gasteiger partial charge is 0.383 e. The molecule has 1 saturated heterocycles. The minimum atomic E-state index is 0.0723. The highest BCUT2D eigenvalue weighted by Gasteiger charge is 2.19. The number of benzene rings is 1. The fourth-order valence-corrected chi connectivity index (χ4v) is 4.23. The van der Waals surface area contributed by atoms with Crippen molar-refractivity contribution in [1.82, 2.24) is 20.1 Å². The Labute approximate surface area is 177 Å². The molecule has 1 aliphatic rings. The molecule has 7 heteroatoms. The van der Waals surface area contributed by atoms with Gasteiger partial charge in [-0.1, -0.05) is 38.1 Å². The summed E-state index contributed by atoms with van der Waals surface area (Å²) in [6.07, 6.45) is 0. The average Bonchev–Trinajstić information content (AvgIpc) is 3.18. The molecule has 2 heterocycles. The topological polar surface area (TPSA) is 57.7 Å². The fourth-order valence-electron chi connectivity index (χ4n) is 3.41. The first-order valence-corrected chi connectivity index (χ1v) is 11.2. The normalized spacial score (nSPS) is 15.7. The van der Waals surface area contributed by atoms with Crippen molar-refractivity contribution >= 4 is 17.2 Å². The number of methoxy groups -OCH3 is 1. The van der Waals surface area contributed by atoms with Gasteiger partial charge in [0.05, 0.1) is 18.8 Å². The molecule has 0 spiro atoms.